The van der Waals surface area contributed by atoms with Gasteiger partial charge in [0.05, 0.1) is 17.9 Å². The number of pyridine rings is 1. The molecule has 3 heterocycles. The average Bonchev–Trinajstić information content (AvgIpc) is 3.31. The highest BCUT2D eigenvalue weighted by atomic mass is 16.2. The van der Waals surface area contributed by atoms with Gasteiger partial charge in [0.1, 0.15) is 11.8 Å². The van der Waals surface area contributed by atoms with Crippen LogP contribution in [0.15, 0.2) is 36.5 Å². The zero-order valence-corrected chi connectivity index (χ0v) is 18.1. The highest BCUT2D eigenvalue weighted by Crippen LogP contribution is 2.41. The number of hydrogen-bond donors (Lipinski definition) is 0. The summed E-state index contributed by atoms with van der Waals surface area (Å²) < 4.78 is 1.59. The first-order chi connectivity index (χ1) is 14.9. The van der Waals surface area contributed by atoms with E-state index in [4.69, 9.17) is 4.98 Å². The minimum atomic E-state index is -0.0434. The molecule has 3 aromatic rings. The van der Waals surface area contributed by atoms with E-state index < -0.39 is 0 Å². The number of allylic oxidation sites excluding steroid dienone is 2. The normalized spacial score (nSPS) is 17.3. The highest BCUT2D eigenvalue weighted by Gasteiger charge is 2.29. The summed E-state index contributed by atoms with van der Waals surface area (Å²) >= 11 is 0. The van der Waals surface area contributed by atoms with Crippen molar-refractivity contribution in [1.29, 1.82) is 5.26 Å². The summed E-state index contributed by atoms with van der Waals surface area (Å²) in [6.07, 6.45) is 4.82. The van der Waals surface area contributed by atoms with Crippen molar-refractivity contribution >= 4 is 11.5 Å². The molecule has 0 saturated carbocycles. The van der Waals surface area contributed by atoms with E-state index in [1.54, 1.807) is 23.7 Å². The predicted molar refractivity (Wildman–Crippen MR) is 118 cm³/mol. The van der Waals surface area contributed by atoms with Crippen molar-refractivity contribution in [2.24, 2.45) is 7.05 Å². The first kappa shape index (κ1) is 19.3. The van der Waals surface area contributed by atoms with Crippen LogP contribution in [-0.4, -0.2) is 32.6 Å². The summed E-state index contributed by atoms with van der Waals surface area (Å²) in [5.41, 5.74) is 8.96. The Kier molecular flexibility index (Phi) is 4.30. The lowest BCUT2D eigenvalue weighted by Gasteiger charge is -2.24. The van der Waals surface area contributed by atoms with Gasteiger partial charge in [-0.15, -0.1) is 0 Å². The molecular weight excluding hydrogens is 386 g/mol. The number of fused-ring (bicyclic) bond motifs is 4. The van der Waals surface area contributed by atoms with Crippen molar-refractivity contribution in [3.63, 3.8) is 0 Å². The van der Waals surface area contributed by atoms with Gasteiger partial charge in [-0.2, -0.15) is 10.4 Å². The lowest BCUT2D eigenvalue weighted by atomic mass is 9.85. The van der Waals surface area contributed by atoms with Crippen LogP contribution in [-0.2, 0) is 20.0 Å². The van der Waals surface area contributed by atoms with Crippen LogP contribution in [0.3, 0.4) is 0 Å². The van der Waals surface area contributed by atoms with Gasteiger partial charge in [-0.05, 0) is 30.2 Å². The molecule has 1 atom stereocenters. The smallest absolute Gasteiger partial charge is 0.254 e. The molecule has 1 aromatic carbocycles. The predicted octanol–water partition coefficient (Wildman–Crippen LogP) is 3.99. The molecule has 154 valence electrons. The van der Waals surface area contributed by atoms with Gasteiger partial charge in [-0.1, -0.05) is 30.7 Å². The molecule has 5 rings (SSSR count). The number of benzene rings is 1. The number of carbonyl (C=O) groups excluding carboxylic acids is 1. The monoisotopic (exact) mass is 409 g/mol. The molecule has 0 saturated heterocycles. The lowest BCUT2D eigenvalue weighted by molar-refractivity contribution is 0.0782. The van der Waals surface area contributed by atoms with Crippen molar-refractivity contribution in [3.8, 4) is 17.2 Å². The summed E-state index contributed by atoms with van der Waals surface area (Å²) in [4.78, 5) is 19.9. The molecule has 31 heavy (non-hydrogen) atoms. The molecule has 0 radical (unpaired) electrons. The third kappa shape index (κ3) is 2.89. The van der Waals surface area contributed by atoms with Crippen LogP contribution in [0.5, 0.6) is 0 Å². The van der Waals surface area contributed by atoms with E-state index >= 15 is 0 Å². The molecule has 6 heteroatoms. The second kappa shape index (κ2) is 6.92. The number of nitriles is 1. The number of aromatic nitrogens is 3. The summed E-state index contributed by atoms with van der Waals surface area (Å²) in [6, 6.07) is 10.4. The van der Waals surface area contributed by atoms with Gasteiger partial charge in [-0.3, -0.25) is 14.5 Å². The van der Waals surface area contributed by atoms with Crippen molar-refractivity contribution < 1.29 is 4.79 Å². The number of hydrogen-bond acceptors (Lipinski definition) is 4. The van der Waals surface area contributed by atoms with E-state index in [0.717, 1.165) is 39.9 Å². The quantitative estimate of drug-likeness (QED) is 0.563. The third-order valence-corrected chi connectivity index (χ3v) is 6.41. The maximum absolute atomic E-state index is 13.5. The average molecular weight is 409 g/mol. The molecule has 0 spiro atoms. The first-order valence-electron chi connectivity index (χ1n) is 10.4. The van der Waals surface area contributed by atoms with Crippen LogP contribution in [0.4, 0.5) is 0 Å². The fourth-order valence-corrected chi connectivity index (χ4v) is 4.80. The van der Waals surface area contributed by atoms with Gasteiger partial charge in [-0.25, -0.2) is 0 Å². The van der Waals surface area contributed by atoms with Crippen LogP contribution in [0.1, 0.15) is 57.0 Å². The number of aryl methyl sites for hydroxylation is 2. The van der Waals surface area contributed by atoms with Crippen molar-refractivity contribution in [2.75, 3.05) is 7.05 Å². The molecular formula is C25H23N5O. The Hall–Kier alpha value is -3.72. The second-order valence-electron chi connectivity index (χ2n) is 8.46. The van der Waals surface area contributed by atoms with Gasteiger partial charge in [0.15, 0.2) is 0 Å². The second-order valence-corrected chi connectivity index (χ2v) is 8.46. The van der Waals surface area contributed by atoms with E-state index in [1.165, 1.54) is 5.57 Å². The minimum Gasteiger partial charge on any atom is -0.336 e. The third-order valence-electron chi connectivity index (χ3n) is 6.41. The van der Waals surface area contributed by atoms with Crippen LogP contribution in [0.25, 0.3) is 16.7 Å². The summed E-state index contributed by atoms with van der Waals surface area (Å²) in [7, 11) is 3.55. The van der Waals surface area contributed by atoms with E-state index in [2.05, 4.69) is 43.2 Å². The van der Waals surface area contributed by atoms with E-state index in [-0.39, 0.29) is 11.8 Å². The Labute approximate surface area is 181 Å². The van der Waals surface area contributed by atoms with Crippen LogP contribution in [0, 0.1) is 18.3 Å². The Balaban J connectivity index is 1.81. The zero-order chi connectivity index (χ0) is 21.9. The molecule has 6 nitrogen and oxygen atoms in total. The number of carbonyl (C=O) groups is 1. The molecule has 0 N–H and O–H groups in total. The van der Waals surface area contributed by atoms with Gasteiger partial charge < -0.3 is 4.90 Å². The molecule has 1 amide bonds. The van der Waals surface area contributed by atoms with Crippen LogP contribution >= 0.6 is 0 Å². The molecule has 0 fully saturated rings. The Morgan fingerprint density at radius 1 is 1.16 bits per heavy atom. The standard InChI is InChI=1S/C25H23N5O/c1-14-5-6-18-19(9-14)15(2)17-7-8-21-20(17)10-16(12-27-21)24-22(13-29(3)25(18)31)28-30(4)23(24)11-26/h5-7,9-10,12,15H,8,13H2,1-4H3/t15-/m0/s1. The maximum Gasteiger partial charge on any atom is 0.254 e. The van der Waals surface area contributed by atoms with Crippen LogP contribution in [0.2, 0.25) is 0 Å². The largest absolute Gasteiger partial charge is 0.336 e. The minimum absolute atomic E-state index is 0.0434. The van der Waals surface area contributed by atoms with Crippen molar-refractivity contribution in [3.05, 3.63) is 75.9 Å². The maximum atomic E-state index is 13.5. The fourth-order valence-electron chi connectivity index (χ4n) is 4.80. The SMILES string of the molecule is Cc1ccc2c(c1)[C@@H](C)C1=CCc3ncc(cc31)-c1c(nn(C)c1C#N)CN(C)C2=O. The Morgan fingerprint density at radius 2 is 1.97 bits per heavy atom. The topological polar surface area (TPSA) is 74.8 Å². The number of amides is 1. The van der Waals surface area contributed by atoms with Crippen molar-refractivity contribution in [1.82, 2.24) is 19.7 Å². The summed E-state index contributed by atoms with van der Waals surface area (Å²) in [6.45, 7) is 4.52. The van der Waals surface area contributed by atoms with Crippen molar-refractivity contribution in [2.45, 2.75) is 32.7 Å². The van der Waals surface area contributed by atoms with Gasteiger partial charge in [0, 0.05) is 54.9 Å². The van der Waals surface area contributed by atoms with Gasteiger partial charge in [0.2, 0.25) is 0 Å². The molecule has 0 unspecified atom stereocenters. The zero-order valence-electron chi connectivity index (χ0n) is 18.1. The fraction of sp³-hybridized carbons (Fsp3) is 0.280. The lowest BCUT2D eigenvalue weighted by Crippen LogP contribution is -2.28. The summed E-state index contributed by atoms with van der Waals surface area (Å²) in [5, 5.41) is 14.4. The summed E-state index contributed by atoms with van der Waals surface area (Å²) in [5.74, 6) is 0.00641. The van der Waals surface area contributed by atoms with Gasteiger partial charge >= 0.3 is 0 Å². The van der Waals surface area contributed by atoms with E-state index in [0.29, 0.717) is 23.5 Å². The molecule has 2 aromatic heterocycles. The van der Waals surface area contributed by atoms with Gasteiger partial charge in [0.25, 0.3) is 5.91 Å². The van der Waals surface area contributed by atoms with Crippen LogP contribution < -0.4 is 0 Å². The highest BCUT2D eigenvalue weighted by molar-refractivity contribution is 5.97. The molecule has 1 aliphatic carbocycles. The van der Waals surface area contributed by atoms with E-state index in [1.807, 2.05) is 18.3 Å². The number of rotatable bonds is 0. The Bertz CT molecular complexity index is 1320. The van der Waals surface area contributed by atoms with E-state index in [9.17, 15) is 10.1 Å². The number of nitrogens with zero attached hydrogens (tertiary/aromatic N) is 5. The Morgan fingerprint density at radius 3 is 2.74 bits per heavy atom. The molecule has 2 aliphatic rings. The molecule has 2 bridgehead atoms. The molecule has 1 aliphatic heterocycles. The first-order valence-corrected chi connectivity index (χ1v) is 10.4.